The molecule has 1 fully saturated rings. The fourth-order valence-electron chi connectivity index (χ4n) is 4.98. The Hall–Kier alpha value is -3.85. The third-order valence-electron chi connectivity index (χ3n) is 6.74. The highest BCUT2D eigenvalue weighted by Crippen LogP contribution is 2.36. The highest BCUT2D eigenvalue weighted by molar-refractivity contribution is 7.10. The van der Waals surface area contributed by atoms with E-state index in [1.165, 1.54) is 29.6 Å². The van der Waals surface area contributed by atoms with Crippen LogP contribution in [0.4, 0.5) is 11.4 Å². The molecule has 0 bridgehead atoms. The van der Waals surface area contributed by atoms with Gasteiger partial charge >= 0.3 is 0 Å². The van der Waals surface area contributed by atoms with Gasteiger partial charge in [-0.05, 0) is 54.6 Å². The average Bonchev–Trinajstić information content (AvgIpc) is 3.46. The van der Waals surface area contributed by atoms with E-state index in [1.807, 2.05) is 29.6 Å². The summed E-state index contributed by atoms with van der Waals surface area (Å²) in [6.45, 7) is 1.44. The first-order chi connectivity index (χ1) is 18.5. The molecule has 1 aliphatic heterocycles. The second kappa shape index (κ2) is 11.7. The van der Waals surface area contributed by atoms with E-state index < -0.39 is 18.1 Å². The summed E-state index contributed by atoms with van der Waals surface area (Å²) < 4.78 is 11.9. The van der Waals surface area contributed by atoms with Crippen LogP contribution >= 0.6 is 11.3 Å². The molecule has 2 N–H and O–H groups in total. The van der Waals surface area contributed by atoms with Gasteiger partial charge in [0.15, 0.2) is 11.5 Å². The maximum atomic E-state index is 14.2. The Morgan fingerprint density at radius 1 is 0.974 bits per heavy atom. The highest BCUT2D eigenvalue weighted by Gasteiger charge is 2.40. The number of carbonyl (C=O) groups is 3. The largest absolute Gasteiger partial charge is 0.485 e. The van der Waals surface area contributed by atoms with Crippen LogP contribution in [0.2, 0.25) is 0 Å². The Balaban J connectivity index is 1.53. The molecule has 9 heteroatoms. The Morgan fingerprint density at radius 3 is 2.50 bits per heavy atom. The minimum Gasteiger partial charge on any atom is -0.485 e. The van der Waals surface area contributed by atoms with E-state index >= 15 is 0 Å². The predicted octanol–water partition coefficient (Wildman–Crippen LogP) is 5.07. The van der Waals surface area contributed by atoms with Gasteiger partial charge in [-0.2, -0.15) is 0 Å². The number of thiophene rings is 1. The zero-order chi connectivity index (χ0) is 26.5. The molecule has 1 aromatic heterocycles. The molecule has 2 heterocycles. The lowest BCUT2D eigenvalue weighted by molar-refractivity contribution is -0.132. The van der Waals surface area contributed by atoms with Crippen molar-refractivity contribution in [2.24, 2.45) is 0 Å². The number of carbonyl (C=O) groups excluding carboxylic acids is 3. The fraction of sp³-hybridized carbons (Fsp3) is 0.345. The van der Waals surface area contributed by atoms with Crippen LogP contribution in [0.25, 0.3) is 0 Å². The Morgan fingerprint density at radius 2 is 1.76 bits per heavy atom. The van der Waals surface area contributed by atoms with Crippen molar-refractivity contribution in [3.05, 3.63) is 70.9 Å². The fourth-order valence-corrected chi connectivity index (χ4v) is 5.80. The first-order valence-corrected chi connectivity index (χ1v) is 13.8. The van der Waals surface area contributed by atoms with E-state index in [-0.39, 0.29) is 24.5 Å². The normalized spacial score (nSPS) is 17.8. The highest BCUT2D eigenvalue weighted by atomic mass is 32.1. The Labute approximate surface area is 225 Å². The van der Waals surface area contributed by atoms with Crippen LogP contribution in [0.3, 0.4) is 0 Å². The van der Waals surface area contributed by atoms with Crippen molar-refractivity contribution in [2.75, 3.05) is 16.8 Å². The smallest absolute Gasteiger partial charge is 0.272 e. The summed E-state index contributed by atoms with van der Waals surface area (Å²) in [6, 6.07) is 17.0. The number of rotatable bonds is 7. The zero-order valence-corrected chi connectivity index (χ0v) is 22.0. The van der Waals surface area contributed by atoms with Crippen molar-refractivity contribution >= 4 is 40.4 Å². The molecule has 0 saturated heterocycles. The third-order valence-corrected chi connectivity index (χ3v) is 7.66. The monoisotopic (exact) mass is 533 g/mol. The molecule has 198 valence electrons. The van der Waals surface area contributed by atoms with Crippen molar-refractivity contribution in [1.29, 1.82) is 0 Å². The number of ether oxygens (including phenoxy) is 2. The van der Waals surface area contributed by atoms with E-state index in [4.69, 9.17) is 9.47 Å². The third kappa shape index (κ3) is 5.83. The van der Waals surface area contributed by atoms with E-state index in [9.17, 15) is 14.4 Å². The topological polar surface area (TPSA) is 97.0 Å². The quantitative estimate of drug-likeness (QED) is 0.442. The molecule has 5 rings (SSSR count). The van der Waals surface area contributed by atoms with Gasteiger partial charge in [-0.1, -0.05) is 43.5 Å². The maximum absolute atomic E-state index is 14.2. The minimum absolute atomic E-state index is 0.0130. The van der Waals surface area contributed by atoms with Gasteiger partial charge in [0.1, 0.15) is 12.6 Å². The van der Waals surface area contributed by atoms with Crippen molar-refractivity contribution in [2.45, 2.75) is 57.2 Å². The lowest BCUT2D eigenvalue weighted by Gasteiger charge is -2.36. The molecule has 1 aliphatic carbocycles. The number of hydrogen-bond donors (Lipinski definition) is 2. The molecular weight excluding hydrogens is 502 g/mol. The number of para-hydroxylation sites is 2. The summed E-state index contributed by atoms with van der Waals surface area (Å²) in [7, 11) is 0. The number of hydrogen-bond acceptors (Lipinski definition) is 6. The van der Waals surface area contributed by atoms with E-state index in [0.29, 0.717) is 22.9 Å². The molecule has 8 nitrogen and oxygen atoms in total. The zero-order valence-electron chi connectivity index (χ0n) is 21.2. The summed E-state index contributed by atoms with van der Waals surface area (Å²) in [5, 5.41) is 7.87. The second-order valence-electron chi connectivity index (χ2n) is 9.57. The molecule has 2 aromatic carbocycles. The minimum atomic E-state index is -0.959. The Kier molecular flexibility index (Phi) is 7.93. The number of benzene rings is 2. The van der Waals surface area contributed by atoms with Gasteiger partial charge in [0.2, 0.25) is 17.9 Å². The van der Waals surface area contributed by atoms with Crippen LogP contribution in [0.1, 0.15) is 49.9 Å². The molecule has 0 spiro atoms. The standard InChI is InChI=1S/C29H31N3O5S/c1-19(33)30-21-11-7-12-22(17-21)32(29(35)25-18-36-23-13-5-6-14-24(23)37-25)27(26-15-8-16-38-26)28(34)31-20-9-3-2-4-10-20/h5-8,11-17,20,25,27H,2-4,9-10,18H2,1H3,(H,30,33)(H,31,34)/t25-,27-/m1/s1. The molecule has 3 aromatic rings. The van der Waals surface area contributed by atoms with Crippen LogP contribution in [0, 0.1) is 0 Å². The van der Waals surface area contributed by atoms with E-state index in [2.05, 4.69) is 10.6 Å². The number of nitrogens with zero attached hydrogens (tertiary/aromatic N) is 1. The molecule has 0 radical (unpaired) electrons. The van der Waals surface area contributed by atoms with E-state index in [1.54, 1.807) is 36.4 Å². The van der Waals surface area contributed by atoms with Crippen LogP contribution in [0.15, 0.2) is 66.0 Å². The first kappa shape index (κ1) is 25.8. The van der Waals surface area contributed by atoms with Crippen LogP contribution in [0.5, 0.6) is 11.5 Å². The van der Waals surface area contributed by atoms with Gasteiger partial charge in [0.25, 0.3) is 5.91 Å². The van der Waals surface area contributed by atoms with Gasteiger partial charge in [-0.25, -0.2) is 0 Å². The van der Waals surface area contributed by atoms with Gasteiger partial charge in [0.05, 0.1) is 0 Å². The van der Waals surface area contributed by atoms with Gasteiger partial charge in [0, 0.05) is 29.2 Å². The number of fused-ring (bicyclic) bond motifs is 1. The number of nitrogens with one attached hydrogen (secondary N) is 2. The van der Waals surface area contributed by atoms with E-state index in [0.717, 1.165) is 30.6 Å². The summed E-state index contributed by atoms with van der Waals surface area (Å²) in [5.74, 6) is 0.168. The molecule has 0 unspecified atom stereocenters. The lowest BCUT2D eigenvalue weighted by atomic mass is 9.95. The van der Waals surface area contributed by atoms with Crippen molar-refractivity contribution in [1.82, 2.24) is 5.32 Å². The summed E-state index contributed by atoms with van der Waals surface area (Å²) >= 11 is 1.42. The molecule has 38 heavy (non-hydrogen) atoms. The number of anilines is 2. The van der Waals surface area contributed by atoms with Gasteiger partial charge in [-0.15, -0.1) is 11.3 Å². The molecular formula is C29H31N3O5S. The summed E-state index contributed by atoms with van der Waals surface area (Å²) in [6.07, 6.45) is 4.20. The Bertz CT molecular complexity index is 1290. The molecule has 2 aliphatic rings. The summed E-state index contributed by atoms with van der Waals surface area (Å²) in [4.78, 5) is 42.1. The van der Waals surface area contributed by atoms with Crippen molar-refractivity contribution in [3.8, 4) is 11.5 Å². The predicted molar refractivity (Wildman–Crippen MR) is 147 cm³/mol. The molecule has 3 amide bonds. The SMILES string of the molecule is CC(=O)Nc1cccc(N(C(=O)[C@H]2COc3ccccc3O2)[C@@H](C(=O)NC2CCCCC2)c2cccs2)c1. The van der Waals surface area contributed by atoms with Gasteiger partial charge < -0.3 is 20.1 Å². The van der Waals surface area contributed by atoms with Crippen molar-refractivity contribution < 1.29 is 23.9 Å². The summed E-state index contributed by atoms with van der Waals surface area (Å²) in [5.41, 5.74) is 0.998. The van der Waals surface area contributed by atoms with Crippen LogP contribution in [-0.4, -0.2) is 36.5 Å². The maximum Gasteiger partial charge on any atom is 0.272 e. The van der Waals surface area contributed by atoms with Crippen LogP contribution in [-0.2, 0) is 14.4 Å². The second-order valence-corrected chi connectivity index (χ2v) is 10.5. The average molecular weight is 534 g/mol. The van der Waals surface area contributed by atoms with Crippen LogP contribution < -0.4 is 25.0 Å². The van der Waals surface area contributed by atoms with Gasteiger partial charge in [-0.3, -0.25) is 19.3 Å². The molecule has 1 saturated carbocycles. The number of amides is 3. The molecule has 2 atom stereocenters. The first-order valence-electron chi connectivity index (χ1n) is 12.9. The van der Waals surface area contributed by atoms with Crippen molar-refractivity contribution in [3.63, 3.8) is 0 Å². The lowest BCUT2D eigenvalue weighted by Crippen LogP contribution is -2.52.